The Bertz CT molecular complexity index is 1290. The van der Waals surface area contributed by atoms with E-state index in [9.17, 15) is 13.2 Å². The highest BCUT2D eigenvalue weighted by atomic mass is 32.2. The molecule has 0 aromatic heterocycles. The predicted octanol–water partition coefficient (Wildman–Crippen LogP) is 3.59. The van der Waals surface area contributed by atoms with Crippen molar-refractivity contribution in [3.8, 4) is 11.5 Å². The number of para-hydroxylation sites is 1. The maximum Gasteiger partial charge on any atom is 0.264 e. The lowest BCUT2D eigenvalue weighted by Gasteiger charge is -2.30. The second-order valence-electron chi connectivity index (χ2n) is 7.77. The minimum Gasteiger partial charge on any atom is -0.497 e. The fourth-order valence-electron chi connectivity index (χ4n) is 3.77. The molecule has 1 aliphatic heterocycles. The molecule has 0 atom stereocenters. The zero-order valence-corrected chi connectivity index (χ0v) is 20.3. The van der Waals surface area contributed by atoms with Gasteiger partial charge in [-0.1, -0.05) is 12.1 Å². The molecular weight excluding hydrogens is 470 g/mol. The topological polar surface area (TPSA) is 106 Å². The van der Waals surface area contributed by atoms with E-state index in [0.29, 0.717) is 60.4 Å². The number of sulfonamides is 1. The Morgan fingerprint density at radius 1 is 0.914 bits per heavy atom. The van der Waals surface area contributed by atoms with Gasteiger partial charge in [0.05, 0.1) is 38.7 Å². The summed E-state index contributed by atoms with van der Waals surface area (Å²) in [5.74, 6) is 0.625. The summed E-state index contributed by atoms with van der Waals surface area (Å²) in [5.41, 5.74) is 1.60. The molecule has 35 heavy (non-hydrogen) atoms. The van der Waals surface area contributed by atoms with E-state index in [1.807, 2.05) is 4.90 Å². The van der Waals surface area contributed by atoms with Gasteiger partial charge < -0.3 is 24.4 Å². The predicted molar refractivity (Wildman–Crippen MR) is 134 cm³/mol. The molecule has 184 valence electrons. The second kappa shape index (κ2) is 10.7. The highest BCUT2D eigenvalue weighted by molar-refractivity contribution is 7.92. The summed E-state index contributed by atoms with van der Waals surface area (Å²) in [6.45, 7) is 2.10. The van der Waals surface area contributed by atoms with Crippen molar-refractivity contribution in [1.82, 2.24) is 0 Å². The summed E-state index contributed by atoms with van der Waals surface area (Å²) in [6.07, 6.45) is 0. The van der Waals surface area contributed by atoms with E-state index >= 15 is 0 Å². The third kappa shape index (κ3) is 5.67. The van der Waals surface area contributed by atoms with Crippen LogP contribution >= 0.6 is 0 Å². The van der Waals surface area contributed by atoms with E-state index in [1.54, 1.807) is 67.8 Å². The van der Waals surface area contributed by atoms with Crippen LogP contribution in [0.3, 0.4) is 0 Å². The van der Waals surface area contributed by atoms with Crippen molar-refractivity contribution in [3.63, 3.8) is 0 Å². The van der Waals surface area contributed by atoms with E-state index in [-0.39, 0.29) is 4.90 Å². The lowest BCUT2D eigenvalue weighted by atomic mass is 10.1. The SMILES string of the molecule is COc1ccc(NS(=O)(=O)c2cc(NC(=O)c3ccccc3OC)ccc2N2CCOCC2)cc1. The lowest BCUT2D eigenvalue weighted by Crippen LogP contribution is -2.37. The van der Waals surface area contributed by atoms with Gasteiger partial charge in [-0.25, -0.2) is 8.42 Å². The quantitative estimate of drug-likeness (QED) is 0.490. The van der Waals surface area contributed by atoms with Gasteiger partial charge in [-0.3, -0.25) is 9.52 Å². The van der Waals surface area contributed by atoms with E-state index < -0.39 is 15.9 Å². The molecule has 1 saturated heterocycles. The van der Waals surface area contributed by atoms with Gasteiger partial charge in [-0.05, 0) is 54.6 Å². The smallest absolute Gasteiger partial charge is 0.264 e. The van der Waals surface area contributed by atoms with E-state index in [4.69, 9.17) is 14.2 Å². The Morgan fingerprint density at radius 2 is 1.60 bits per heavy atom. The summed E-state index contributed by atoms with van der Waals surface area (Å²) in [7, 11) is -0.973. The number of morpholine rings is 1. The van der Waals surface area contributed by atoms with Crippen LogP contribution in [0.4, 0.5) is 17.1 Å². The Labute approximate surface area is 204 Å². The van der Waals surface area contributed by atoms with Crippen LogP contribution in [0.25, 0.3) is 0 Å². The van der Waals surface area contributed by atoms with Gasteiger partial charge in [0.25, 0.3) is 15.9 Å². The van der Waals surface area contributed by atoms with Crippen molar-refractivity contribution in [2.45, 2.75) is 4.90 Å². The highest BCUT2D eigenvalue weighted by Gasteiger charge is 2.25. The summed E-state index contributed by atoms with van der Waals surface area (Å²) in [4.78, 5) is 14.9. The standard InChI is InChI=1S/C25H27N3O6S/c1-32-20-10-7-18(8-11-20)27-35(30,31)24-17-19(9-12-22(24)28-13-15-34-16-14-28)26-25(29)21-5-3-4-6-23(21)33-2/h3-12,17,27H,13-16H2,1-2H3,(H,26,29). The molecule has 0 unspecified atom stereocenters. The molecule has 0 radical (unpaired) electrons. The number of hydrogen-bond acceptors (Lipinski definition) is 7. The minimum absolute atomic E-state index is 0.0491. The van der Waals surface area contributed by atoms with Gasteiger partial charge >= 0.3 is 0 Å². The fourth-order valence-corrected chi connectivity index (χ4v) is 5.08. The molecule has 1 amide bonds. The van der Waals surface area contributed by atoms with Crippen LogP contribution in [-0.4, -0.2) is 54.8 Å². The van der Waals surface area contributed by atoms with Crippen molar-refractivity contribution < 1.29 is 27.4 Å². The number of methoxy groups -OCH3 is 2. The summed E-state index contributed by atoms with van der Waals surface area (Å²) in [6, 6.07) is 18.3. The first-order valence-corrected chi connectivity index (χ1v) is 12.5. The Balaban J connectivity index is 1.68. The molecule has 0 aliphatic carbocycles. The molecule has 1 aliphatic rings. The first-order chi connectivity index (χ1) is 16.9. The molecule has 3 aromatic carbocycles. The zero-order chi connectivity index (χ0) is 24.8. The molecule has 9 nitrogen and oxygen atoms in total. The second-order valence-corrected chi connectivity index (χ2v) is 9.42. The van der Waals surface area contributed by atoms with Gasteiger partial charge in [0.15, 0.2) is 0 Å². The molecule has 2 N–H and O–H groups in total. The van der Waals surface area contributed by atoms with Crippen molar-refractivity contribution in [1.29, 1.82) is 0 Å². The first-order valence-electron chi connectivity index (χ1n) is 11.0. The van der Waals surface area contributed by atoms with Crippen molar-refractivity contribution >= 4 is 33.0 Å². The molecular formula is C25H27N3O6S. The van der Waals surface area contributed by atoms with Crippen LogP contribution in [0.15, 0.2) is 71.6 Å². The summed E-state index contributed by atoms with van der Waals surface area (Å²) < 4.78 is 45.4. The van der Waals surface area contributed by atoms with Crippen molar-refractivity contribution in [2.75, 3.05) is 55.5 Å². The van der Waals surface area contributed by atoms with Crippen LogP contribution < -0.4 is 24.4 Å². The van der Waals surface area contributed by atoms with Gasteiger partial charge in [0, 0.05) is 24.5 Å². The average molecular weight is 498 g/mol. The Hall–Kier alpha value is -3.76. The van der Waals surface area contributed by atoms with Crippen LogP contribution in [-0.2, 0) is 14.8 Å². The molecule has 4 rings (SSSR count). The number of carbonyl (C=O) groups excluding carboxylic acids is 1. The largest absolute Gasteiger partial charge is 0.497 e. The highest BCUT2D eigenvalue weighted by Crippen LogP contribution is 2.31. The molecule has 1 heterocycles. The van der Waals surface area contributed by atoms with Crippen LogP contribution in [0, 0.1) is 0 Å². The van der Waals surface area contributed by atoms with Crippen LogP contribution in [0.2, 0.25) is 0 Å². The average Bonchev–Trinajstić information content (AvgIpc) is 2.89. The number of benzene rings is 3. The number of anilines is 3. The monoisotopic (exact) mass is 497 g/mol. The maximum atomic E-state index is 13.5. The normalized spacial score (nSPS) is 13.7. The zero-order valence-electron chi connectivity index (χ0n) is 19.5. The number of ether oxygens (including phenoxy) is 3. The Kier molecular flexibility index (Phi) is 7.42. The van der Waals surface area contributed by atoms with Gasteiger partial charge in [-0.2, -0.15) is 0 Å². The Morgan fingerprint density at radius 3 is 2.29 bits per heavy atom. The molecule has 1 fully saturated rings. The van der Waals surface area contributed by atoms with Crippen molar-refractivity contribution in [3.05, 3.63) is 72.3 Å². The third-order valence-corrected chi connectivity index (χ3v) is 6.96. The number of nitrogens with one attached hydrogen (secondary N) is 2. The molecule has 3 aromatic rings. The van der Waals surface area contributed by atoms with Crippen LogP contribution in [0.1, 0.15) is 10.4 Å². The first kappa shape index (κ1) is 24.4. The number of hydrogen-bond donors (Lipinski definition) is 2. The lowest BCUT2D eigenvalue weighted by molar-refractivity contribution is 0.102. The van der Waals surface area contributed by atoms with E-state index in [1.165, 1.54) is 13.2 Å². The number of nitrogens with zero attached hydrogens (tertiary/aromatic N) is 1. The van der Waals surface area contributed by atoms with Gasteiger partial charge in [0.2, 0.25) is 0 Å². The van der Waals surface area contributed by atoms with E-state index in [2.05, 4.69) is 10.0 Å². The molecule has 10 heteroatoms. The fraction of sp³-hybridized carbons (Fsp3) is 0.240. The molecule has 0 saturated carbocycles. The van der Waals surface area contributed by atoms with Gasteiger partial charge in [0.1, 0.15) is 16.4 Å². The number of carbonyl (C=O) groups is 1. The summed E-state index contributed by atoms with van der Waals surface area (Å²) in [5, 5.41) is 2.78. The molecule has 0 spiro atoms. The van der Waals surface area contributed by atoms with E-state index in [0.717, 1.165) is 0 Å². The molecule has 0 bridgehead atoms. The van der Waals surface area contributed by atoms with Gasteiger partial charge in [-0.15, -0.1) is 0 Å². The third-order valence-electron chi connectivity index (χ3n) is 5.55. The van der Waals surface area contributed by atoms with Crippen molar-refractivity contribution in [2.24, 2.45) is 0 Å². The number of amides is 1. The maximum absolute atomic E-state index is 13.5. The summed E-state index contributed by atoms with van der Waals surface area (Å²) >= 11 is 0. The number of rotatable bonds is 8. The van der Waals surface area contributed by atoms with Crippen LogP contribution in [0.5, 0.6) is 11.5 Å². The minimum atomic E-state index is -4.00.